The van der Waals surface area contributed by atoms with E-state index in [2.05, 4.69) is 5.09 Å². The van der Waals surface area contributed by atoms with E-state index in [9.17, 15) is 14.2 Å². The fraction of sp³-hybridized carbons (Fsp3) is 0.714. The quantitative estimate of drug-likeness (QED) is 0.564. The number of aliphatic carboxylic acids is 2. The third-order valence-electron chi connectivity index (χ3n) is 1.41. The Morgan fingerprint density at radius 1 is 1.36 bits per heavy atom. The summed E-state index contributed by atoms with van der Waals surface area (Å²) in [7, 11) is -2.66. The number of carboxylic acids is 2. The van der Waals surface area contributed by atoms with Gasteiger partial charge in [-0.25, -0.2) is 0 Å². The maximum Gasteiger partial charge on any atom is 0.321 e. The van der Waals surface area contributed by atoms with E-state index in [0.29, 0.717) is 0 Å². The molecule has 0 aromatic rings. The lowest BCUT2D eigenvalue weighted by Crippen LogP contribution is -2.34. The molecule has 0 bridgehead atoms. The van der Waals surface area contributed by atoms with Crippen LogP contribution >= 0.6 is 7.29 Å². The summed E-state index contributed by atoms with van der Waals surface area (Å²) in [6.45, 7) is 2.79. The van der Waals surface area contributed by atoms with Crippen LogP contribution in [0.15, 0.2) is 0 Å². The molecule has 1 atom stereocenters. The molecule has 82 valence electrons. The van der Waals surface area contributed by atoms with Crippen LogP contribution in [0.1, 0.15) is 12.8 Å². The highest BCUT2D eigenvalue weighted by Crippen LogP contribution is 2.31. The SMILES string of the molecule is CP(C)(=O)N[C@@H](CCC(=O)O)C(=O)O. The predicted molar refractivity (Wildman–Crippen MR) is 50.9 cm³/mol. The minimum Gasteiger partial charge on any atom is -0.481 e. The Morgan fingerprint density at radius 2 is 1.86 bits per heavy atom. The molecular formula is C7H14NO5P. The van der Waals surface area contributed by atoms with Crippen molar-refractivity contribution in [3.05, 3.63) is 0 Å². The van der Waals surface area contributed by atoms with Crippen LogP contribution in [0.5, 0.6) is 0 Å². The van der Waals surface area contributed by atoms with Gasteiger partial charge in [-0.2, -0.15) is 0 Å². The van der Waals surface area contributed by atoms with Crippen LogP contribution in [-0.2, 0) is 14.2 Å². The van der Waals surface area contributed by atoms with E-state index in [1.54, 1.807) is 0 Å². The van der Waals surface area contributed by atoms with Gasteiger partial charge in [-0.15, -0.1) is 0 Å². The maximum atomic E-state index is 11.3. The molecule has 0 aromatic heterocycles. The normalized spacial score (nSPS) is 13.6. The van der Waals surface area contributed by atoms with Crippen molar-refractivity contribution in [2.75, 3.05) is 13.3 Å². The van der Waals surface area contributed by atoms with Gasteiger partial charge in [0.15, 0.2) is 0 Å². The zero-order valence-electron chi connectivity index (χ0n) is 8.06. The minimum absolute atomic E-state index is 0.0731. The first-order valence-electron chi connectivity index (χ1n) is 4.00. The number of hydrogen-bond donors (Lipinski definition) is 3. The van der Waals surface area contributed by atoms with E-state index in [4.69, 9.17) is 10.2 Å². The third-order valence-corrected chi connectivity index (χ3v) is 2.35. The monoisotopic (exact) mass is 223 g/mol. The van der Waals surface area contributed by atoms with Crippen molar-refractivity contribution in [1.82, 2.24) is 5.09 Å². The summed E-state index contributed by atoms with van der Waals surface area (Å²) in [6.07, 6.45) is -0.333. The Hall–Kier alpha value is -0.870. The molecule has 0 aliphatic rings. The van der Waals surface area contributed by atoms with E-state index in [0.717, 1.165) is 0 Å². The molecule has 6 nitrogen and oxygen atoms in total. The summed E-state index contributed by atoms with van der Waals surface area (Å²) in [5.41, 5.74) is 0. The van der Waals surface area contributed by atoms with E-state index < -0.39 is 25.3 Å². The first kappa shape index (κ1) is 13.1. The van der Waals surface area contributed by atoms with Crippen molar-refractivity contribution in [2.45, 2.75) is 18.9 Å². The fourth-order valence-corrected chi connectivity index (χ4v) is 1.88. The number of nitrogens with one attached hydrogen (secondary N) is 1. The third kappa shape index (κ3) is 6.62. The van der Waals surface area contributed by atoms with Crippen molar-refractivity contribution in [3.8, 4) is 0 Å². The largest absolute Gasteiger partial charge is 0.481 e. The highest BCUT2D eigenvalue weighted by atomic mass is 31.2. The van der Waals surface area contributed by atoms with Crippen LogP contribution in [0.4, 0.5) is 0 Å². The molecule has 0 heterocycles. The molecule has 14 heavy (non-hydrogen) atoms. The summed E-state index contributed by atoms with van der Waals surface area (Å²) in [4.78, 5) is 20.8. The predicted octanol–water partition coefficient (Wildman–Crippen LogP) is 0.432. The van der Waals surface area contributed by atoms with Crippen LogP contribution in [0, 0.1) is 0 Å². The molecule has 7 heteroatoms. The average Bonchev–Trinajstić information content (AvgIpc) is 1.94. The summed E-state index contributed by atoms with van der Waals surface area (Å²) >= 11 is 0. The van der Waals surface area contributed by atoms with Gasteiger partial charge in [0.2, 0.25) is 0 Å². The van der Waals surface area contributed by atoms with Crippen molar-refractivity contribution in [1.29, 1.82) is 0 Å². The topological polar surface area (TPSA) is 104 Å². The van der Waals surface area contributed by atoms with Gasteiger partial charge in [-0.1, -0.05) is 0 Å². The van der Waals surface area contributed by atoms with Gasteiger partial charge in [-0.05, 0) is 6.42 Å². The van der Waals surface area contributed by atoms with Gasteiger partial charge < -0.3 is 14.8 Å². The molecule has 0 unspecified atom stereocenters. The van der Waals surface area contributed by atoms with Gasteiger partial charge >= 0.3 is 11.9 Å². The van der Waals surface area contributed by atoms with Gasteiger partial charge in [0.1, 0.15) is 13.3 Å². The summed E-state index contributed by atoms with van der Waals surface area (Å²) in [5.74, 6) is -2.25. The van der Waals surface area contributed by atoms with Crippen LogP contribution in [0.2, 0.25) is 0 Å². The molecule has 3 N–H and O–H groups in total. The molecule has 0 aliphatic heterocycles. The Labute approximate surface area is 81.7 Å². The van der Waals surface area contributed by atoms with Crippen molar-refractivity contribution >= 4 is 19.2 Å². The first-order chi connectivity index (χ1) is 6.22. The zero-order valence-corrected chi connectivity index (χ0v) is 8.95. The van der Waals surface area contributed by atoms with E-state index >= 15 is 0 Å². The highest BCUT2D eigenvalue weighted by molar-refractivity contribution is 7.60. The van der Waals surface area contributed by atoms with E-state index in [-0.39, 0.29) is 12.8 Å². The minimum atomic E-state index is -2.66. The van der Waals surface area contributed by atoms with Gasteiger partial charge in [0, 0.05) is 19.8 Å². The second-order valence-corrected chi connectivity index (χ2v) is 6.26. The molecule has 0 rings (SSSR count). The second kappa shape index (κ2) is 5.12. The molecule has 0 saturated carbocycles. The molecule has 0 spiro atoms. The lowest BCUT2D eigenvalue weighted by Gasteiger charge is -2.16. The first-order valence-corrected chi connectivity index (χ1v) is 6.60. The fourth-order valence-electron chi connectivity index (χ4n) is 0.886. The molecule has 0 radical (unpaired) electrons. The summed E-state index contributed by atoms with van der Waals surface area (Å²) < 4.78 is 11.3. The molecule has 0 aromatic carbocycles. The van der Waals surface area contributed by atoms with E-state index in [1.165, 1.54) is 13.3 Å². The van der Waals surface area contributed by atoms with Crippen molar-refractivity contribution in [3.63, 3.8) is 0 Å². The average molecular weight is 223 g/mol. The molecular weight excluding hydrogens is 209 g/mol. The van der Waals surface area contributed by atoms with Crippen LogP contribution in [0.25, 0.3) is 0 Å². The van der Waals surface area contributed by atoms with E-state index in [1.807, 2.05) is 0 Å². The zero-order chi connectivity index (χ0) is 11.4. The Balaban J connectivity index is 4.24. The van der Waals surface area contributed by atoms with Gasteiger partial charge in [-0.3, -0.25) is 14.7 Å². The molecule has 0 aliphatic carbocycles. The smallest absolute Gasteiger partial charge is 0.321 e. The number of carbonyl (C=O) groups is 2. The summed E-state index contributed by atoms with van der Waals surface area (Å²) in [5, 5.41) is 19.4. The van der Waals surface area contributed by atoms with Crippen molar-refractivity contribution in [2.24, 2.45) is 0 Å². The second-order valence-electron chi connectivity index (χ2n) is 3.30. The van der Waals surface area contributed by atoms with Gasteiger partial charge in [0.05, 0.1) is 0 Å². The van der Waals surface area contributed by atoms with Crippen LogP contribution in [0.3, 0.4) is 0 Å². The lowest BCUT2D eigenvalue weighted by molar-refractivity contribution is -0.140. The Bertz CT molecular complexity index is 271. The molecule has 0 amide bonds. The van der Waals surface area contributed by atoms with Crippen LogP contribution < -0.4 is 5.09 Å². The number of rotatable bonds is 6. The van der Waals surface area contributed by atoms with Crippen molar-refractivity contribution < 1.29 is 24.4 Å². The highest BCUT2D eigenvalue weighted by Gasteiger charge is 2.22. The standard InChI is InChI=1S/C7H14NO5P/c1-14(2,13)8-5(7(11)12)3-4-6(9)10/h5H,3-4H2,1-2H3,(H,8,13)(H,9,10)(H,11,12)/t5-/m0/s1. The maximum absolute atomic E-state index is 11.3. The number of hydrogen-bond acceptors (Lipinski definition) is 3. The molecule has 0 fully saturated rings. The molecule has 0 saturated heterocycles. The summed E-state index contributed by atoms with van der Waals surface area (Å²) in [6, 6.07) is -1.06. The number of carboxylic acid groups (broad SMARTS) is 2. The van der Waals surface area contributed by atoms with Gasteiger partial charge in [0.25, 0.3) is 0 Å². The van der Waals surface area contributed by atoms with Crippen LogP contribution in [-0.4, -0.2) is 41.5 Å². The Morgan fingerprint density at radius 3 is 2.14 bits per heavy atom. The lowest BCUT2D eigenvalue weighted by atomic mass is 10.2. The Kier molecular flexibility index (Phi) is 4.80.